The van der Waals surface area contributed by atoms with Crippen molar-refractivity contribution in [3.8, 4) is 0 Å². The molecule has 4 heteroatoms. The van der Waals surface area contributed by atoms with Gasteiger partial charge in [0.05, 0.1) is 5.52 Å². The Bertz CT molecular complexity index is 501. The normalized spacial score (nSPS) is 12.4. The number of likely N-dealkylation sites (N-methyl/N-ethyl adjacent to an activating group) is 1. The number of hydrogen-bond acceptors (Lipinski definition) is 3. The molecule has 1 atom stereocenters. The molecule has 2 N–H and O–H groups in total. The van der Waals surface area contributed by atoms with Crippen LogP contribution in [0, 0.1) is 0 Å². The minimum Gasteiger partial charge on any atom is -0.329 e. The summed E-state index contributed by atoms with van der Waals surface area (Å²) in [5, 5.41) is 1.19. The molecular weight excluding hydrogens is 246 g/mol. The number of para-hydroxylation sites is 1. The summed E-state index contributed by atoms with van der Waals surface area (Å²) in [5.74, 6) is 0. The summed E-state index contributed by atoms with van der Waals surface area (Å²) < 4.78 is 0. The summed E-state index contributed by atoms with van der Waals surface area (Å²) in [7, 11) is 2.09. The van der Waals surface area contributed by atoms with Crippen molar-refractivity contribution in [2.45, 2.75) is 19.5 Å². The van der Waals surface area contributed by atoms with Crippen molar-refractivity contribution in [1.82, 2.24) is 9.88 Å². The van der Waals surface area contributed by atoms with Crippen LogP contribution in [0.4, 0.5) is 0 Å². The molecule has 0 aliphatic heterocycles. The van der Waals surface area contributed by atoms with Crippen LogP contribution < -0.4 is 5.73 Å². The van der Waals surface area contributed by atoms with Crippen LogP contribution in [0.25, 0.3) is 10.9 Å². The van der Waals surface area contributed by atoms with E-state index in [1.54, 1.807) is 0 Å². The van der Waals surface area contributed by atoms with Crippen molar-refractivity contribution in [3.05, 3.63) is 42.1 Å². The summed E-state index contributed by atoms with van der Waals surface area (Å²) in [6, 6.07) is 10.8. The summed E-state index contributed by atoms with van der Waals surface area (Å²) in [6.45, 7) is 3.70. The molecule has 0 fully saturated rings. The summed E-state index contributed by atoms with van der Waals surface area (Å²) in [4.78, 5) is 6.70. The molecule has 0 saturated heterocycles. The van der Waals surface area contributed by atoms with E-state index in [2.05, 4.69) is 36.0 Å². The zero-order valence-corrected chi connectivity index (χ0v) is 11.7. The first-order valence-corrected chi connectivity index (χ1v) is 5.94. The monoisotopic (exact) mass is 265 g/mol. The van der Waals surface area contributed by atoms with Gasteiger partial charge in [-0.2, -0.15) is 0 Å². The van der Waals surface area contributed by atoms with Gasteiger partial charge >= 0.3 is 0 Å². The van der Waals surface area contributed by atoms with Crippen LogP contribution in [0.5, 0.6) is 0 Å². The van der Waals surface area contributed by atoms with E-state index < -0.39 is 0 Å². The van der Waals surface area contributed by atoms with Crippen LogP contribution in [0.3, 0.4) is 0 Å². The van der Waals surface area contributed by atoms with Gasteiger partial charge < -0.3 is 5.73 Å². The molecule has 0 bridgehead atoms. The Kier molecular flexibility index (Phi) is 5.54. The van der Waals surface area contributed by atoms with E-state index in [1.165, 1.54) is 10.9 Å². The molecule has 0 spiro atoms. The Morgan fingerprint density at radius 3 is 2.78 bits per heavy atom. The topological polar surface area (TPSA) is 42.1 Å². The summed E-state index contributed by atoms with van der Waals surface area (Å²) in [6.07, 6.45) is 1.95. The summed E-state index contributed by atoms with van der Waals surface area (Å²) in [5.41, 5.74) is 7.94. The first-order chi connectivity index (χ1) is 8.20. The Morgan fingerprint density at radius 1 is 1.33 bits per heavy atom. The minimum absolute atomic E-state index is 0. The van der Waals surface area contributed by atoms with Gasteiger partial charge in [-0.05, 0) is 31.7 Å². The second kappa shape index (κ2) is 6.69. The quantitative estimate of drug-likeness (QED) is 0.923. The van der Waals surface area contributed by atoms with E-state index in [0.29, 0.717) is 12.6 Å². The van der Waals surface area contributed by atoms with Crippen molar-refractivity contribution in [3.63, 3.8) is 0 Å². The largest absolute Gasteiger partial charge is 0.329 e. The van der Waals surface area contributed by atoms with Crippen molar-refractivity contribution in [1.29, 1.82) is 0 Å². The zero-order chi connectivity index (χ0) is 12.3. The van der Waals surface area contributed by atoms with Crippen LogP contribution in [-0.2, 0) is 6.54 Å². The highest BCUT2D eigenvalue weighted by Crippen LogP contribution is 2.14. The van der Waals surface area contributed by atoms with Crippen LogP contribution in [0.2, 0.25) is 0 Å². The number of benzene rings is 1. The Balaban J connectivity index is 0.00000162. The number of aromatic nitrogens is 1. The second-order valence-corrected chi connectivity index (χ2v) is 4.54. The van der Waals surface area contributed by atoms with E-state index in [-0.39, 0.29) is 12.4 Å². The van der Waals surface area contributed by atoms with Crippen molar-refractivity contribution in [2.24, 2.45) is 5.73 Å². The van der Waals surface area contributed by atoms with E-state index >= 15 is 0 Å². The van der Waals surface area contributed by atoms with E-state index in [9.17, 15) is 0 Å². The number of fused-ring (bicyclic) bond motifs is 1. The molecule has 0 amide bonds. The molecule has 3 nitrogen and oxygen atoms in total. The van der Waals surface area contributed by atoms with Crippen molar-refractivity contribution in [2.75, 3.05) is 13.6 Å². The second-order valence-electron chi connectivity index (χ2n) is 4.54. The molecule has 1 aromatic carbocycles. The molecule has 2 aromatic rings. The number of rotatable bonds is 4. The fourth-order valence-electron chi connectivity index (χ4n) is 1.83. The van der Waals surface area contributed by atoms with Gasteiger partial charge in [-0.3, -0.25) is 9.88 Å². The first kappa shape index (κ1) is 14.9. The van der Waals surface area contributed by atoms with E-state index in [1.807, 2.05) is 24.4 Å². The minimum atomic E-state index is 0. The fourth-order valence-corrected chi connectivity index (χ4v) is 1.83. The molecule has 1 unspecified atom stereocenters. The highest BCUT2D eigenvalue weighted by atomic mass is 35.5. The highest BCUT2D eigenvalue weighted by Gasteiger charge is 2.07. The maximum absolute atomic E-state index is 5.66. The molecule has 1 aromatic heterocycles. The number of nitrogens with zero attached hydrogens (tertiary/aromatic N) is 2. The molecule has 0 aliphatic rings. The standard InChI is InChI=1S/C14H19N3.ClH/c1-11(8-15)17(2)10-12-7-13-5-3-4-6-14(13)16-9-12;/h3-7,9,11H,8,10,15H2,1-2H3;1H. The van der Waals surface area contributed by atoms with Gasteiger partial charge in [-0.15, -0.1) is 12.4 Å². The first-order valence-electron chi connectivity index (χ1n) is 5.94. The van der Waals surface area contributed by atoms with Gasteiger partial charge in [0.2, 0.25) is 0 Å². The average Bonchev–Trinajstić information content (AvgIpc) is 2.37. The molecule has 0 radical (unpaired) electrons. The van der Waals surface area contributed by atoms with Gasteiger partial charge in [0.15, 0.2) is 0 Å². The third kappa shape index (κ3) is 3.42. The van der Waals surface area contributed by atoms with Crippen LogP contribution in [0.1, 0.15) is 12.5 Å². The molecule has 0 saturated carbocycles. The fraction of sp³-hybridized carbons (Fsp3) is 0.357. The number of pyridine rings is 1. The maximum Gasteiger partial charge on any atom is 0.0702 e. The van der Waals surface area contributed by atoms with Gasteiger partial charge in [0.25, 0.3) is 0 Å². The van der Waals surface area contributed by atoms with Crippen LogP contribution in [0.15, 0.2) is 36.5 Å². The Morgan fingerprint density at radius 2 is 2.06 bits per heavy atom. The van der Waals surface area contributed by atoms with Crippen molar-refractivity contribution >= 4 is 23.3 Å². The Hall–Kier alpha value is -1.16. The van der Waals surface area contributed by atoms with Crippen LogP contribution in [-0.4, -0.2) is 29.5 Å². The lowest BCUT2D eigenvalue weighted by Crippen LogP contribution is -2.34. The molecule has 18 heavy (non-hydrogen) atoms. The van der Waals surface area contributed by atoms with Gasteiger partial charge in [-0.25, -0.2) is 0 Å². The third-order valence-corrected chi connectivity index (χ3v) is 3.17. The zero-order valence-electron chi connectivity index (χ0n) is 10.8. The van der Waals surface area contributed by atoms with Gasteiger partial charge in [-0.1, -0.05) is 18.2 Å². The van der Waals surface area contributed by atoms with Crippen molar-refractivity contribution < 1.29 is 0 Å². The Labute approximate surface area is 114 Å². The summed E-state index contributed by atoms with van der Waals surface area (Å²) >= 11 is 0. The third-order valence-electron chi connectivity index (χ3n) is 3.17. The molecule has 1 heterocycles. The molecular formula is C14H20ClN3. The van der Waals surface area contributed by atoms with Gasteiger partial charge in [0.1, 0.15) is 0 Å². The molecule has 2 rings (SSSR count). The predicted octanol–water partition coefficient (Wildman–Crippen LogP) is 2.44. The number of hydrogen-bond donors (Lipinski definition) is 1. The van der Waals surface area contributed by atoms with Crippen LogP contribution >= 0.6 is 12.4 Å². The molecule has 0 aliphatic carbocycles. The lowest BCUT2D eigenvalue weighted by molar-refractivity contribution is 0.254. The van der Waals surface area contributed by atoms with Gasteiger partial charge in [0, 0.05) is 30.7 Å². The lowest BCUT2D eigenvalue weighted by Gasteiger charge is -2.23. The van der Waals surface area contributed by atoms with E-state index in [4.69, 9.17) is 5.73 Å². The average molecular weight is 266 g/mol. The maximum atomic E-state index is 5.66. The smallest absolute Gasteiger partial charge is 0.0702 e. The SMILES string of the molecule is CC(CN)N(C)Cc1cnc2ccccc2c1.Cl. The highest BCUT2D eigenvalue weighted by molar-refractivity contribution is 5.85. The predicted molar refractivity (Wildman–Crippen MR) is 79.0 cm³/mol. The number of halogens is 1. The molecule has 98 valence electrons. The number of nitrogens with two attached hydrogens (primary N) is 1. The lowest BCUT2D eigenvalue weighted by atomic mass is 10.1. The van der Waals surface area contributed by atoms with E-state index in [0.717, 1.165) is 12.1 Å².